The van der Waals surface area contributed by atoms with Gasteiger partial charge in [-0.1, -0.05) is 12.1 Å². The van der Waals surface area contributed by atoms with Crippen molar-refractivity contribution in [1.29, 1.82) is 0 Å². The first kappa shape index (κ1) is 12.2. The van der Waals surface area contributed by atoms with Gasteiger partial charge in [-0.15, -0.1) is 0 Å². The summed E-state index contributed by atoms with van der Waals surface area (Å²) in [5, 5.41) is 11.5. The quantitative estimate of drug-likeness (QED) is 0.338. The molecule has 0 spiro atoms. The van der Waals surface area contributed by atoms with Crippen LogP contribution in [0.1, 0.15) is 12.6 Å². The highest BCUT2D eigenvalue weighted by molar-refractivity contribution is 5.82. The Labute approximate surface area is 94.8 Å². The molecule has 0 aromatic carbocycles. The summed E-state index contributed by atoms with van der Waals surface area (Å²) in [5.41, 5.74) is 6.38. The molecule has 0 bridgehead atoms. The molecule has 1 aromatic heterocycles. The Hall–Kier alpha value is -1.85. The van der Waals surface area contributed by atoms with Gasteiger partial charge in [0.1, 0.15) is 11.7 Å². The summed E-state index contributed by atoms with van der Waals surface area (Å²) in [6.45, 7) is 4.40. The zero-order valence-corrected chi connectivity index (χ0v) is 9.75. The molecule has 0 aliphatic carbocycles. The van der Waals surface area contributed by atoms with Crippen LogP contribution in [-0.4, -0.2) is 34.6 Å². The molecular weight excluding hydrogens is 206 g/mol. The Morgan fingerprint density at radius 3 is 2.75 bits per heavy atom. The van der Waals surface area contributed by atoms with Crippen LogP contribution in [0.15, 0.2) is 17.5 Å². The molecule has 1 heterocycles. The predicted octanol–water partition coefficient (Wildman–Crippen LogP) is 0.604. The van der Waals surface area contributed by atoms with Gasteiger partial charge >= 0.3 is 0 Å². The molecule has 88 valence electrons. The average Bonchev–Trinajstić information content (AvgIpc) is 2.28. The minimum atomic E-state index is -0.0450. The molecular formula is C10H17N5O. The van der Waals surface area contributed by atoms with E-state index in [0.29, 0.717) is 6.54 Å². The second-order valence-corrected chi connectivity index (χ2v) is 3.77. The maximum atomic E-state index is 8.56. The highest BCUT2D eigenvalue weighted by Gasteiger charge is 2.13. The van der Waals surface area contributed by atoms with Gasteiger partial charge in [-0.05, 0) is 6.92 Å². The lowest BCUT2D eigenvalue weighted by Crippen LogP contribution is -2.33. The number of aromatic nitrogens is 2. The second-order valence-electron chi connectivity index (χ2n) is 3.77. The predicted molar refractivity (Wildman–Crippen MR) is 62.6 cm³/mol. The van der Waals surface area contributed by atoms with E-state index in [9.17, 15) is 0 Å². The summed E-state index contributed by atoms with van der Waals surface area (Å²) in [6, 6.07) is 0. The van der Waals surface area contributed by atoms with E-state index in [1.165, 1.54) is 0 Å². The monoisotopic (exact) mass is 223 g/mol. The Morgan fingerprint density at radius 1 is 1.56 bits per heavy atom. The van der Waals surface area contributed by atoms with Crippen molar-refractivity contribution in [3.8, 4) is 0 Å². The lowest BCUT2D eigenvalue weighted by Gasteiger charge is -2.22. The van der Waals surface area contributed by atoms with Crippen LogP contribution >= 0.6 is 0 Å². The molecule has 1 atom stereocenters. The zero-order valence-electron chi connectivity index (χ0n) is 9.75. The first-order chi connectivity index (χ1) is 7.56. The SMILES string of the molecule is Cc1nccnc1N(C)CC(C)C(N)=NO. The van der Waals surface area contributed by atoms with Crippen LogP contribution in [0.2, 0.25) is 0 Å². The molecule has 6 nitrogen and oxygen atoms in total. The Morgan fingerprint density at radius 2 is 2.19 bits per heavy atom. The standard InChI is InChI=1S/C10H17N5O/c1-7(9(11)14-16)6-15(3)10-8(2)12-4-5-13-10/h4-5,7,16H,6H2,1-3H3,(H2,11,14). The zero-order chi connectivity index (χ0) is 12.1. The summed E-state index contributed by atoms with van der Waals surface area (Å²) >= 11 is 0. The van der Waals surface area contributed by atoms with Crippen LogP contribution in [-0.2, 0) is 0 Å². The first-order valence-electron chi connectivity index (χ1n) is 5.02. The first-order valence-corrected chi connectivity index (χ1v) is 5.02. The molecule has 3 N–H and O–H groups in total. The summed E-state index contributed by atoms with van der Waals surface area (Å²) in [6.07, 6.45) is 3.30. The number of nitrogens with zero attached hydrogens (tertiary/aromatic N) is 4. The largest absolute Gasteiger partial charge is 0.409 e. The van der Waals surface area contributed by atoms with Gasteiger partial charge in [-0.2, -0.15) is 0 Å². The van der Waals surface area contributed by atoms with Crippen LogP contribution in [0.3, 0.4) is 0 Å². The molecule has 16 heavy (non-hydrogen) atoms. The number of nitrogens with two attached hydrogens (primary N) is 1. The highest BCUT2D eigenvalue weighted by Crippen LogP contribution is 2.13. The third-order valence-corrected chi connectivity index (χ3v) is 2.38. The van der Waals surface area contributed by atoms with E-state index in [1.54, 1.807) is 12.4 Å². The molecule has 0 saturated heterocycles. The molecule has 0 amide bonds. The van der Waals surface area contributed by atoms with E-state index in [1.807, 2.05) is 25.8 Å². The van der Waals surface area contributed by atoms with E-state index in [2.05, 4.69) is 15.1 Å². The fourth-order valence-corrected chi connectivity index (χ4v) is 1.46. The van der Waals surface area contributed by atoms with Crippen molar-refractivity contribution in [2.24, 2.45) is 16.8 Å². The normalized spacial score (nSPS) is 13.6. The average molecular weight is 223 g/mol. The van der Waals surface area contributed by atoms with E-state index in [-0.39, 0.29) is 11.8 Å². The molecule has 0 saturated carbocycles. The van der Waals surface area contributed by atoms with E-state index in [4.69, 9.17) is 10.9 Å². The van der Waals surface area contributed by atoms with Crippen LogP contribution in [0.5, 0.6) is 0 Å². The Balaban J connectivity index is 2.73. The fourth-order valence-electron chi connectivity index (χ4n) is 1.46. The molecule has 0 aliphatic heterocycles. The van der Waals surface area contributed by atoms with Crippen molar-refractivity contribution >= 4 is 11.7 Å². The van der Waals surface area contributed by atoms with Crippen LogP contribution in [0.4, 0.5) is 5.82 Å². The van der Waals surface area contributed by atoms with Gasteiger partial charge in [-0.25, -0.2) is 4.98 Å². The van der Waals surface area contributed by atoms with Crippen LogP contribution in [0.25, 0.3) is 0 Å². The van der Waals surface area contributed by atoms with Gasteiger partial charge in [0.05, 0.1) is 5.69 Å². The van der Waals surface area contributed by atoms with E-state index in [0.717, 1.165) is 11.5 Å². The van der Waals surface area contributed by atoms with Crippen molar-refractivity contribution in [3.05, 3.63) is 18.1 Å². The van der Waals surface area contributed by atoms with E-state index >= 15 is 0 Å². The minimum absolute atomic E-state index is 0.0450. The van der Waals surface area contributed by atoms with Crippen molar-refractivity contribution in [1.82, 2.24) is 9.97 Å². The van der Waals surface area contributed by atoms with Crippen LogP contribution in [0, 0.1) is 12.8 Å². The van der Waals surface area contributed by atoms with Gasteiger partial charge in [-0.3, -0.25) is 4.98 Å². The van der Waals surface area contributed by atoms with Crippen molar-refractivity contribution in [2.45, 2.75) is 13.8 Å². The van der Waals surface area contributed by atoms with Gasteiger partial charge in [0, 0.05) is 31.9 Å². The second kappa shape index (κ2) is 5.29. The van der Waals surface area contributed by atoms with Crippen LogP contribution < -0.4 is 10.6 Å². The fraction of sp³-hybridized carbons (Fsp3) is 0.500. The van der Waals surface area contributed by atoms with Crippen molar-refractivity contribution < 1.29 is 5.21 Å². The molecule has 6 heteroatoms. The van der Waals surface area contributed by atoms with Gasteiger partial charge in [0.2, 0.25) is 0 Å². The van der Waals surface area contributed by atoms with E-state index < -0.39 is 0 Å². The third kappa shape index (κ3) is 2.82. The number of oxime groups is 1. The number of amidine groups is 1. The van der Waals surface area contributed by atoms with Crippen molar-refractivity contribution in [2.75, 3.05) is 18.5 Å². The van der Waals surface area contributed by atoms with Gasteiger partial charge in [0.25, 0.3) is 0 Å². The minimum Gasteiger partial charge on any atom is -0.409 e. The third-order valence-electron chi connectivity index (χ3n) is 2.38. The maximum absolute atomic E-state index is 8.56. The molecule has 1 unspecified atom stereocenters. The molecule has 0 aliphatic rings. The number of rotatable bonds is 4. The highest BCUT2D eigenvalue weighted by atomic mass is 16.4. The lowest BCUT2D eigenvalue weighted by atomic mass is 10.1. The lowest BCUT2D eigenvalue weighted by molar-refractivity contribution is 0.314. The summed E-state index contributed by atoms with van der Waals surface area (Å²) in [4.78, 5) is 10.3. The summed E-state index contributed by atoms with van der Waals surface area (Å²) in [7, 11) is 1.90. The van der Waals surface area contributed by atoms with Crippen molar-refractivity contribution in [3.63, 3.8) is 0 Å². The number of aryl methyl sites for hydroxylation is 1. The molecule has 1 aromatic rings. The van der Waals surface area contributed by atoms with Gasteiger partial charge < -0.3 is 15.8 Å². The number of anilines is 1. The maximum Gasteiger partial charge on any atom is 0.149 e. The molecule has 1 rings (SSSR count). The number of hydrogen-bond donors (Lipinski definition) is 2. The topological polar surface area (TPSA) is 87.6 Å². The molecule has 0 fully saturated rings. The molecule has 0 radical (unpaired) electrons. The Bertz CT molecular complexity index is 379. The number of hydrogen-bond acceptors (Lipinski definition) is 5. The summed E-state index contributed by atoms with van der Waals surface area (Å²) < 4.78 is 0. The van der Waals surface area contributed by atoms with Gasteiger partial charge in [0.15, 0.2) is 0 Å². The Kier molecular flexibility index (Phi) is 4.04. The summed E-state index contributed by atoms with van der Waals surface area (Å²) in [5.74, 6) is 0.977. The smallest absolute Gasteiger partial charge is 0.149 e.